The molecule has 1 saturated heterocycles. The van der Waals surface area contributed by atoms with Crippen LogP contribution in [-0.2, 0) is 11.3 Å². The van der Waals surface area contributed by atoms with Crippen LogP contribution in [0.4, 0.5) is 4.79 Å². The first-order chi connectivity index (χ1) is 12.5. The van der Waals surface area contributed by atoms with Gasteiger partial charge in [0.05, 0.1) is 11.6 Å². The maximum absolute atomic E-state index is 13.0. The Labute approximate surface area is 156 Å². The minimum Gasteiger partial charge on any atom is -0.338 e. The zero-order valence-electron chi connectivity index (χ0n) is 15.9. The molecule has 140 valence electrons. The number of piperidine rings is 1. The molecular weight excluding hydrogens is 328 g/mol. The molecule has 0 spiro atoms. The summed E-state index contributed by atoms with van der Waals surface area (Å²) in [5.41, 5.74) is 1.66. The lowest BCUT2D eigenvalue weighted by Gasteiger charge is -2.35. The number of carbonyl (C=O) groups excluding carboxylic acids is 2. The van der Waals surface area contributed by atoms with E-state index in [1.165, 1.54) is 0 Å². The molecule has 1 heterocycles. The highest BCUT2D eigenvalue weighted by molar-refractivity contribution is 5.80. The van der Waals surface area contributed by atoms with E-state index in [1.807, 2.05) is 21.9 Å². The summed E-state index contributed by atoms with van der Waals surface area (Å²) in [4.78, 5) is 30.3. The minimum absolute atomic E-state index is 0.0129. The molecular formula is C20H28N4O2. The fourth-order valence-electron chi connectivity index (χ4n) is 3.30. The lowest BCUT2D eigenvalue weighted by molar-refractivity contribution is -0.137. The van der Waals surface area contributed by atoms with E-state index in [0.29, 0.717) is 38.0 Å². The first-order valence-corrected chi connectivity index (χ1v) is 9.20. The van der Waals surface area contributed by atoms with Gasteiger partial charge in [-0.2, -0.15) is 5.26 Å². The van der Waals surface area contributed by atoms with Crippen LogP contribution in [0.15, 0.2) is 24.3 Å². The molecule has 1 aliphatic heterocycles. The average molecular weight is 356 g/mol. The van der Waals surface area contributed by atoms with Crippen molar-refractivity contribution in [3.8, 4) is 6.07 Å². The van der Waals surface area contributed by atoms with E-state index >= 15 is 0 Å². The Kier molecular flexibility index (Phi) is 7.02. The third kappa shape index (κ3) is 4.98. The Balaban J connectivity index is 1.97. The van der Waals surface area contributed by atoms with E-state index < -0.39 is 0 Å². The van der Waals surface area contributed by atoms with E-state index in [9.17, 15) is 9.59 Å². The van der Waals surface area contributed by atoms with Gasteiger partial charge < -0.3 is 14.7 Å². The van der Waals surface area contributed by atoms with Gasteiger partial charge in [0.2, 0.25) is 5.91 Å². The Hall–Kier alpha value is -2.55. The standard InChI is InChI=1S/C20H28N4O2/c1-4-11-24(15-17-7-5-16(14-21)6-8-17)19(25)18-9-12-23(13-10-18)20(26)22(2)3/h5-8,18H,4,9-13,15H2,1-3H3. The molecule has 26 heavy (non-hydrogen) atoms. The van der Waals surface area contributed by atoms with Crippen molar-refractivity contribution in [1.29, 1.82) is 5.26 Å². The number of nitrogens with zero attached hydrogens (tertiary/aromatic N) is 4. The third-order valence-corrected chi connectivity index (χ3v) is 4.76. The van der Waals surface area contributed by atoms with Gasteiger partial charge in [-0.05, 0) is 37.0 Å². The molecule has 3 amide bonds. The molecule has 0 unspecified atom stereocenters. The average Bonchev–Trinajstić information content (AvgIpc) is 2.67. The summed E-state index contributed by atoms with van der Waals surface area (Å²) in [5.74, 6) is 0.152. The summed E-state index contributed by atoms with van der Waals surface area (Å²) in [7, 11) is 3.50. The van der Waals surface area contributed by atoms with Crippen molar-refractivity contribution >= 4 is 11.9 Å². The predicted octanol–water partition coefficient (Wildman–Crippen LogP) is 2.69. The molecule has 0 radical (unpaired) electrons. The molecule has 1 fully saturated rings. The number of rotatable bonds is 5. The Morgan fingerprint density at radius 1 is 1.19 bits per heavy atom. The first kappa shape index (κ1) is 19.8. The SMILES string of the molecule is CCCN(Cc1ccc(C#N)cc1)C(=O)C1CCN(C(=O)N(C)C)CC1. The molecule has 0 atom stereocenters. The van der Waals surface area contributed by atoms with Gasteiger partial charge in [0.1, 0.15) is 0 Å². The van der Waals surface area contributed by atoms with Gasteiger partial charge in [-0.3, -0.25) is 4.79 Å². The van der Waals surface area contributed by atoms with E-state index in [1.54, 1.807) is 31.1 Å². The second kappa shape index (κ2) is 9.23. The van der Waals surface area contributed by atoms with Crippen LogP contribution in [0.3, 0.4) is 0 Å². The summed E-state index contributed by atoms with van der Waals surface area (Å²) < 4.78 is 0. The molecule has 6 nitrogen and oxygen atoms in total. The largest absolute Gasteiger partial charge is 0.338 e. The van der Waals surface area contributed by atoms with E-state index in [-0.39, 0.29) is 17.9 Å². The van der Waals surface area contributed by atoms with Crippen LogP contribution in [0.5, 0.6) is 0 Å². The summed E-state index contributed by atoms with van der Waals surface area (Å²) in [6.45, 7) is 4.61. The minimum atomic E-state index is -0.0221. The van der Waals surface area contributed by atoms with Crippen LogP contribution in [0.2, 0.25) is 0 Å². The summed E-state index contributed by atoms with van der Waals surface area (Å²) in [6, 6.07) is 9.52. The quantitative estimate of drug-likeness (QED) is 0.814. The van der Waals surface area contributed by atoms with Crippen LogP contribution in [0.1, 0.15) is 37.3 Å². The highest BCUT2D eigenvalue weighted by Gasteiger charge is 2.30. The molecule has 6 heteroatoms. The van der Waals surface area contributed by atoms with Crippen molar-refractivity contribution < 1.29 is 9.59 Å². The third-order valence-electron chi connectivity index (χ3n) is 4.76. The van der Waals surface area contributed by atoms with Crippen molar-refractivity contribution in [2.24, 2.45) is 5.92 Å². The van der Waals surface area contributed by atoms with Gasteiger partial charge in [-0.25, -0.2) is 4.79 Å². The number of benzene rings is 1. The second-order valence-corrected chi connectivity index (χ2v) is 7.01. The normalized spacial score (nSPS) is 14.6. The number of urea groups is 1. The Morgan fingerprint density at radius 2 is 1.81 bits per heavy atom. The smallest absolute Gasteiger partial charge is 0.319 e. The molecule has 0 aromatic heterocycles. The van der Waals surface area contributed by atoms with Gasteiger partial charge >= 0.3 is 6.03 Å². The van der Waals surface area contributed by atoms with Gasteiger partial charge in [0, 0.05) is 46.2 Å². The van der Waals surface area contributed by atoms with E-state index in [4.69, 9.17) is 5.26 Å². The summed E-state index contributed by atoms with van der Waals surface area (Å²) in [6.07, 6.45) is 2.33. The van der Waals surface area contributed by atoms with Crippen molar-refractivity contribution in [1.82, 2.24) is 14.7 Å². The molecule has 0 aliphatic carbocycles. The van der Waals surface area contributed by atoms with Crippen molar-refractivity contribution in [3.63, 3.8) is 0 Å². The lowest BCUT2D eigenvalue weighted by atomic mass is 9.95. The van der Waals surface area contributed by atoms with Crippen LogP contribution in [0, 0.1) is 17.2 Å². The number of hydrogen-bond donors (Lipinski definition) is 0. The summed E-state index contributed by atoms with van der Waals surface area (Å²) in [5, 5.41) is 8.90. The van der Waals surface area contributed by atoms with Crippen molar-refractivity contribution in [3.05, 3.63) is 35.4 Å². The molecule has 0 bridgehead atoms. The van der Waals surface area contributed by atoms with Crippen LogP contribution >= 0.6 is 0 Å². The number of hydrogen-bond acceptors (Lipinski definition) is 3. The van der Waals surface area contributed by atoms with Gasteiger partial charge in [0.25, 0.3) is 0 Å². The Bertz CT molecular complexity index is 655. The highest BCUT2D eigenvalue weighted by atomic mass is 16.2. The van der Waals surface area contributed by atoms with Crippen molar-refractivity contribution in [2.75, 3.05) is 33.7 Å². The molecule has 1 aliphatic rings. The topological polar surface area (TPSA) is 67.6 Å². The maximum Gasteiger partial charge on any atom is 0.319 e. The first-order valence-electron chi connectivity index (χ1n) is 9.20. The zero-order valence-corrected chi connectivity index (χ0v) is 15.9. The number of nitriles is 1. The van der Waals surface area contributed by atoms with E-state index in [0.717, 1.165) is 18.5 Å². The van der Waals surface area contributed by atoms with Gasteiger partial charge in [-0.1, -0.05) is 19.1 Å². The molecule has 0 N–H and O–H groups in total. The molecule has 1 aromatic carbocycles. The number of amides is 3. The zero-order chi connectivity index (χ0) is 19.1. The van der Waals surface area contributed by atoms with Crippen LogP contribution in [0.25, 0.3) is 0 Å². The number of likely N-dealkylation sites (tertiary alicyclic amines) is 1. The summed E-state index contributed by atoms with van der Waals surface area (Å²) >= 11 is 0. The maximum atomic E-state index is 13.0. The van der Waals surface area contributed by atoms with Gasteiger partial charge in [-0.15, -0.1) is 0 Å². The Morgan fingerprint density at radius 3 is 2.31 bits per heavy atom. The van der Waals surface area contributed by atoms with Crippen LogP contribution < -0.4 is 0 Å². The highest BCUT2D eigenvalue weighted by Crippen LogP contribution is 2.22. The van der Waals surface area contributed by atoms with E-state index in [2.05, 4.69) is 13.0 Å². The van der Waals surface area contributed by atoms with Gasteiger partial charge in [0.15, 0.2) is 0 Å². The monoisotopic (exact) mass is 356 g/mol. The molecule has 2 rings (SSSR count). The molecule has 1 aromatic rings. The second-order valence-electron chi connectivity index (χ2n) is 7.01. The fourth-order valence-corrected chi connectivity index (χ4v) is 3.30. The molecule has 0 saturated carbocycles. The van der Waals surface area contributed by atoms with Crippen molar-refractivity contribution in [2.45, 2.75) is 32.7 Å². The predicted molar refractivity (Wildman–Crippen MR) is 100 cm³/mol. The lowest BCUT2D eigenvalue weighted by Crippen LogP contribution is -2.47. The number of carbonyl (C=O) groups is 2. The van der Waals surface area contributed by atoms with Crippen LogP contribution in [-0.4, -0.2) is 60.4 Å². The fraction of sp³-hybridized carbons (Fsp3) is 0.550.